The Morgan fingerprint density at radius 2 is 1.37 bits per heavy atom. The number of carbonyl (C=O) groups is 2. The van der Waals surface area contributed by atoms with Crippen LogP contribution in [0.25, 0.3) is 0 Å². The number of carboxylic acids is 2. The predicted octanol–water partition coefficient (Wildman–Crippen LogP) is -1.45. The van der Waals surface area contributed by atoms with E-state index >= 15 is 0 Å². The summed E-state index contributed by atoms with van der Waals surface area (Å²) in [6.07, 6.45) is -0.106. The van der Waals surface area contributed by atoms with E-state index in [1.54, 1.807) is 0 Å². The van der Waals surface area contributed by atoms with Gasteiger partial charge < -0.3 is 29.6 Å². The summed E-state index contributed by atoms with van der Waals surface area (Å²) in [5.41, 5.74) is 1.84. The Kier molecular flexibility index (Phi) is 3.89. The molecule has 1 aliphatic rings. The van der Waals surface area contributed by atoms with Crippen molar-refractivity contribution in [1.82, 2.24) is 0 Å². The molecule has 1 heterocycles. The Labute approximate surface area is 110 Å². The van der Waals surface area contributed by atoms with Gasteiger partial charge in [-0.3, -0.25) is 0 Å². The van der Waals surface area contributed by atoms with E-state index in [0.29, 0.717) is 19.8 Å². The van der Waals surface area contributed by atoms with Crippen molar-refractivity contribution in [2.24, 2.45) is 0 Å². The van der Waals surface area contributed by atoms with Crippen LogP contribution < -0.4 is 20.0 Å². The molecule has 6 nitrogen and oxygen atoms in total. The molecule has 0 radical (unpaired) electrons. The lowest BCUT2D eigenvalue weighted by Crippen LogP contribution is -2.36. The maximum absolute atomic E-state index is 10.5. The predicted molar refractivity (Wildman–Crippen MR) is 65.2 cm³/mol. The third-order valence-electron chi connectivity index (χ3n) is 3.08. The van der Waals surface area contributed by atoms with Crippen LogP contribution in [-0.4, -0.2) is 31.7 Å². The SMILES string of the molecule is O=C([O-])CCN1CN(CCC(=O)[O-])c2ccccc21. The zero-order valence-electron chi connectivity index (χ0n) is 10.4. The van der Waals surface area contributed by atoms with Crippen LogP contribution in [-0.2, 0) is 9.59 Å². The number of aliphatic carboxylic acids is 2. The molecule has 0 aromatic heterocycles. The molecular weight excluding hydrogens is 248 g/mol. The number of rotatable bonds is 6. The van der Waals surface area contributed by atoms with Crippen molar-refractivity contribution >= 4 is 23.3 Å². The van der Waals surface area contributed by atoms with Gasteiger partial charge in [-0.2, -0.15) is 0 Å². The minimum atomic E-state index is -1.09. The minimum absolute atomic E-state index is 0.0529. The second-order valence-electron chi connectivity index (χ2n) is 4.40. The molecule has 0 amide bonds. The Bertz CT molecular complexity index is 446. The van der Waals surface area contributed by atoms with Crippen LogP contribution >= 0.6 is 0 Å². The highest BCUT2D eigenvalue weighted by molar-refractivity contribution is 5.77. The van der Waals surface area contributed by atoms with Crippen LogP contribution in [0, 0.1) is 0 Å². The van der Waals surface area contributed by atoms with Crippen molar-refractivity contribution in [3.63, 3.8) is 0 Å². The molecule has 1 aliphatic heterocycles. The molecule has 0 spiro atoms. The molecule has 0 unspecified atom stereocenters. The van der Waals surface area contributed by atoms with E-state index in [1.165, 1.54) is 0 Å². The van der Waals surface area contributed by atoms with Crippen molar-refractivity contribution in [3.05, 3.63) is 24.3 Å². The highest BCUT2D eigenvalue weighted by Crippen LogP contribution is 2.35. The minimum Gasteiger partial charge on any atom is -0.550 e. The molecular formula is C13H14N2O4-2. The van der Waals surface area contributed by atoms with Gasteiger partial charge in [0.25, 0.3) is 0 Å². The third-order valence-corrected chi connectivity index (χ3v) is 3.08. The summed E-state index contributed by atoms with van der Waals surface area (Å²) in [7, 11) is 0. The van der Waals surface area contributed by atoms with Gasteiger partial charge in [0.15, 0.2) is 0 Å². The van der Waals surface area contributed by atoms with Crippen LogP contribution in [0.5, 0.6) is 0 Å². The zero-order chi connectivity index (χ0) is 13.8. The van der Waals surface area contributed by atoms with Crippen molar-refractivity contribution in [3.8, 4) is 0 Å². The summed E-state index contributed by atoms with van der Waals surface area (Å²) >= 11 is 0. The molecule has 0 aliphatic carbocycles. The Balaban J connectivity index is 2.09. The first kappa shape index (κ1) is 13.2. The number of para-hydroxylation sites is 2. The van der Waals surface area contributed by atoms with Crippen LogP contribution in [0.1, 0.15) is 12.8 Å². The molecule has 0 saturated heterocycles. The lowest BCUT2D eigenvalue weighted by Gasteiger charge is -2.22. The Hall–Kier alpha value is -2.24. The van der Waals surface area contributed by atoms with E-state index < -0.39 is 11.9 Å². The number of carbonyl (C=O) groups excluding carboxylic acids is 2. The van der Waals surface area contributed by atoms with Crippen LogP contribution in [0.15, 0.2) is 24.3 Å². The molecule has 1 aromatic carbocycles. The number of benzene rings is 1. The van der Waals surface area contributed by atoms with Gasteiger partial charge in [-0.15, -0.1) is 0 Å². The second kappa shape index (κ2) is 5.60. The maximum Gasteiger partial charge on any atom is 0.0904 e. The fourth-order valence-corrected chi connectivity index (χ4v) is 2.19. The Morgan fingerprint density at radius 3 is 1.74 bits per heavy atom. The van der Waals surface area contributed by atoms with Gasteiger partial charge in [-0.05, 0) is 12.1 Å². The van der Waals surface area contributed by atoms with Crippen LogP contribution in [0.4, 0.5) is 11.4 Å². The molecule has 0 bridgehead atoms. The number of hydrogen-bond donors (Lipinski definition) is 0. The van der Waals surface area contributed by atoms with Crippen LogP contribution in [0.2, 0.25) is 0 Å². The number of fused-ring (bicyclic) bond motifs is 1. The number of anilines is 2. The maximum atomic E-state index is 10.5. The molecule has 2 rings (SSSR count). The summed E-state index contributed by atoms with van der Waals surface area (Å²) in [5.74, 6) is -2.18. The summed E-state index contributed by atoms with van der Waals surface area (Å²) in [4.78, 5) is 24.9. The lowest BCUT2D eigenvalue weighted by atomic mass is 10.2. The highest BCUT2D eigenvalue weighted by Gasteiger charge is 2.24. The summed E-state index contributed by atoms with van der Waals surface area (Å²) in [6, 6.07) is 7.52. The molecule has 19 heavy (non-hydrogen) atoms. The monoisotopic (exact) mass is 262 g/mol. The molecule has 6 heteroatoms. The summed E-state index contributed by atoms with van der Waals surface area (Å²) in [5, 5.41) is 21.1. The fourth-order valence-electron chi connectivity index (χ4n) is 2.19. The van der Waals surface area contributed by atoms with E-state index in [2.05, 4.69) is 0 Å². The number of nitrogens with zero attached hydrogens (tertiary/aromatic N) is 2. The normalized spacial score (nSPS) is 13.5. The smallest absolute Gasteiger partial charge is 0.0904 e. The van der Waals surface area contributed by atoms with Gasteiger partial charge in [0.05, 0.1) is 18.0 Å². The van der Waals surface area contributed by atoms with Gasteiger partial charge in [-0.1, -0.05) is 12.1 Å². The molecule has 0 saturated carbocycles. The first-order valence-corrected chi connectivity index (χ1v) is 6.06. The molecule has 0 atom stereocenters. The van der Waals surface area contributed by atoms with E-state index in [-0.39, 0.29) is 12.8 Å². The Morgan fingerprint density at radius 1 is 0.947 bits per heavy atom. The average Bonchev–Trinajstić information content (AvgIpc) is 2.72. The average molecular weight is 262 g/mol. The van der Waals surface area contributed by atoms with E-state index in [0.717, 1.165) is 11.4 Å². The quantitative estimate of drug-likeness (QED) is 0.623. The molecule has 1 aromatic rings. The molecule has 0 N–H and O–H groups in total. The second-order valence-corrected chi connectivity index (χ2v) is 4.40. The van der Waals surface area contributed by atoms with Crippen LogP contribution in [0.3, 0.4) is 0 Å². The van der Waals surface area contributed by atoms with Gasteiger partial charge in [0, 0.05) is 37.9 Å². The van der Waals surface area contributed by atoms with E-state index in [9.17, 15) is 19.8 Å². The van der Waals surface area contributed by atoms with Crippen molar-refractivity contribution in [2.45, 2.75) is 12.8 Å². The first-order chi connectivity index (χ1) is 9.08. The van der Waals surface area contributed by atoms with Crippen molar-refractivity contribution < 1.29 is 19.8 Å². The number of carboxylic acid groups (broad SMARTS) is 2. The van der Waals surface area contributed by atoms with Crippen molar-refractivity contribution in [2.75, 3.05) is 29.6 Å². The number of hydrogen-bond acceptors (Lipinski definition) is 6. The van der Waals surface area contributed by atoms with Gasteiger partial charge in [0.2, 0.25) is 0 Å². The van der Waals surface area contributed by atoms with Gasteiger partial charge >= 0.3 is 0 Å². The molecule has 102 valence electrons. The summed E-state index contributed by atoms with van der Waals surface area (Å²) < 4.78 is 0. The topological polar surface area (TPSA) is 86.7 Å². The molecule has 0 fully saturated rings. The standard InChI is InChI=1S/C13H16N2O4/c16-12(17)5-7-14-9-15(8-6-13(18)19)11-4-2-1-3-10(11)14/h1-4H,5-9H2,(H,16,17)(H,18,19)/p-2. The fraction of sp³-hybridized carbons (Fsp3) is 0.385. The van der Waals surface area contributed by atoms with Crippen molar-refractivity contribution in [1.29, 1.82) is 0 Å². The zero-order valence-corrected chi connectivity index (χ0v) is 10.4. The summed E-state index contributed by atoms with van der Waals surface area (Å²) in [6.45, 7) is 1.18. The van der Waals surface area contributed by atoms with E-state index in [4.69, 9.17) is 0 Å². The largest absolute Gasteiger partial charge is 0.550 e. The van der Waals surface area contributed by atoms with Gasteiger partial charge in [-0.25, -0.2) is 0 Å². The van der Waals surface area contributed by atoms with E-state index in [1.807, 2.05) is 34.1 Å². The lowest BCUT2D eigenvalue weighted by molar-refractivity contribution is -0.306. The third kappa shape index (κ3) is 3.15. The highest BCUT2D eigenvalue weighted by atomic mass is 16.4. The van der Waals surface area contributed by atoms with Gasteiger partial charge in [0.1, 0.15) is 0 Å². The first-order valence-electron chi connectivity index (χ1n) is 6.06.